The van der Waals surface area contributed by atoms with Crippen molar-refractivity contribution in [2.75, 3.05) is 0 Å². The molecular weight excluding hydrogens is 544 g/mol. The molecular formula is C43H30N2. The molecule has 0 saturated carbocycles. The monoisotopic (exact) mass is 574 g/mol. The van der Waals surface area contributed by atoms with Crippen molar-refractivity contribution in [2.45, 2.75) is 6.54 Å². The van der Waals surface area contributed by atoms with E-state index in [0.29, 0.717) is 0 Å². The quantitative estimate of drug-likeness (QED) is 0.207. The maximum absolute atomic E-state index is 3.43. The van der Waals surface area contributed by atoms with Gasteiger partial charge in [0.1, 0.15) is 0 Å². The number of nitrogens with one attached hydrogen (secondary N) is 1. The summed E-state index contributed by atoms with van der Waals surface area (Å²) in [5, 5.41) is 9.84. The van der Waals surface area contributed by atoms with Crippen molar-refractivity contribution < 1.29 is 0 Å². The second-order valence-corrected chi connectivity index (χ2v) is 11.8. The van der Waals surface area contributed by atoms with Crippen LogP contribution in [0.5, 0.6) is 0 Å². The Labute approximate surface area is 262 Å². The first-order valence-electron chi connectivity index (χ1n) is 15.6. The highest BCUT2D eigenvalue weighted by Crippen LogP contribution is 2.44. The van der Waals surface area contributed by atoms with Gasteiger partial charge in [-0.1, -0.05) is 127 Å². The van der Waals surface area contributed by atoms with Crippen molar-refractivity contribution in [3.8, 4) is 39.1 Å². The Bertz CT molecular complexity index is 2340. The van der Waals surface area contributed by atoms with Gasteiger partial charge in [0.05, 0.1) is 11.2 Å². The second kappa shape index (κ2) is 10.4. The van der Waals surface area contributed by atoms with Crippen LogP contribution in [-0.4, -0.2) is 4.57 Å². The zero-order chi connectivity index (χ0) is 29.7. The van der Waals surface area contributed by atoms with Gasteiger partial charge in [-0.2, -0.15) is 0 Å². The summed E-state index contributed by atoms with van der Waals surface area (Å²) in [5.74, 6) is 0. The summed E-state index contributed by atoms with van der Waals surface area (Å²) >= 11 is 0. The molecule has 1 aliphatic heterocycles. The Morgan fingerprint density at radius 1 is 0.444 bits per heavy atom. The van der Waals surface area contributed by atoms with E-state index >= 15 is 0 Å². The van der Waals surface area contributed by atoms with Crippen LogP contribution < -0.4 is 5.32 Å². The summed E-state index contributed by atoms with van der Waals surface area (Å²) in [6, 6.07) is 55.2. The molecule has 0 radical (unpaired) electrons. The molecule has 0 aliphatic carbocycles. The van der Waals surface area contributed by atoms with Crippen molar-refractivity contribution in [1.29, 1.82) is 0 Å². The number of benzene rings is 7. The van der Waals surface area contributed by atoms with E-state index in [1.165, 1.54) is 82.8 Å². The van der Waals surface area contributed by atoms with E-state index in [1.807, 2.05) is 0 Å². The Morgan fingerprint density at radius 2 is 0.956 bits per heavy atom. The summed E-state index contributed by atoms with van der Waals surface area (Å²) < 4.78 is 2.38. The Kier molecular flexibility index (Phi) is 5.92. The lowest BCUT2D eigenvalue weighted by atomic mass is 9.86. The largest absolute Gasteiger partial charge is 0.387 e. The van der Waals surface area contributed by atoms with Gasteiger partial charge in [-0.15, -0.1) is 0 Å². The molecule has 2 heterocycles. The van der Waals surface area contributed by atoms with Crippen molar-refractivity contribution in [1.82, 2.24) is 9.88 Å². The van der Waals surface area contributed by atoms with E-state index in [9.17, 15) is 0 Å². The molecule has 1 N–H and O–H groups in total. The lowest BCUT2D eigenvalue weighted by Gasteiger charge is -2.18. The first-order chi connectivity index (χ1) is 22.3. The fraction of sp³-hybridized carbons (Fsp3) is 0.0233. The van der Waals surface area contributed by atoms with Crippen molar-refractivity contribution in [3.05, 3.63) is 169 Å². The first-order valence-corrected chi connectivity index (χ1v) is 15.6. The first kappa shape index (κ1) is 25.6. The Balaban J connectivity index is 1.19. The fourth-order valence-corrected chi connectivity index (χ4v) is 7.25. The van der Waals surface area contributed by atoms with Crippen LogP contribution in [0.25, 0.3) is 77.6 Å². The predicted octanol–water partition coefficient (Wildman–Crippen LogP) is 11.0. The maximum atomic E-state index is 3.43. The topological polar surface area (TPSA) is 17.0 Å². The molecule has 0 saturated heterocycles. The third-order valence-electron chi connectivity index (χ3n) is 9.27. The molecule has 45 heavy (non-hydrogen) atoms. The summed E-state index contributed by atoms with van der Waals surface area (Å²) in [4.78, 5) is 0. The molecule has 9 rings (SSSR count). The lowest BCUT2D eigenvalue weighted by molar-refractivity contribution is 0.855. The highest BCUT2D eigenvalue weighted by molar-refractivity contribution is 6.21. The van der Waals surface area contributed by atoms with Gasteiger partial charge >= 0.3 is 0 Å². The van der Waals surface area contributed by atoms with Gasteiger partial charge in [-0.25, -0.2) is 0 Å². The number of hydrogen-bond acceptors (Lipinski definition) is 1. The van der Waals surface area contributed by atoms with Gasteiger partial charge in [0, 0.05) is 23.2 Å². The van der Waals surface area contributed by atoms with Gasteiger partial charge < -0.3 is 9.88 Å². The number of hydrogen-bond donors (Lipinski definition) is 1. The average Bonchev–Trinajstić information content (AvgIpc) is 3.45. The number of nitrogens with zero attached hydrogens (tertiary/aromatic N) is 1. The minimum absolute atomic E-state index is 0.823. The molecule has 0 bridgehead atoms. The molecule has 0 unspecified atom stereocenters. The van der Waals surface area contributed by atoms with Crippen LogP contribution in [0.4, 0.5) is 0 Å². The molecule has 0 amide bonds. The van der Waals surface area contributed by atoms with Gasteiger partial charge in [-0.05, 0) is 91.5 Å². The Morgan fingerprint density at radius 3 is 1.58 bits per heavy atom. The minimum Gasteiger partial charge on any atom is -0.387 e. The zero-order valence-electron chi connectivity index (χ0n) is 24.7. The van der Waals surface area contributed by atoms with Gasteiger partial charge in [-0.3, -0.25) is 0 Å². The van der Waals surface area contributed by atoms with E-state index in [4.69, 9.17) is 0 Å². The van der Waals surface area contributed by atoms with Crippen LogP contribution >= 0.6 is 0 Å². The molecule has 0 fully saturated rings. The molecule has 212 valence electrons. The van der Waals surface area contributed by atoms with E-state index in [-0.39, 0.29) is 0 Å². The Hall–Kier alpha value is -5.86. The molecule has 2 heteroatoms. The maximum Gasteiger partial charge on any atom is 0.0538 e. The van der Waals surface area contributed by atoms with Crippen molar-refractivity contribution in [3.63, 3.8) is 0 Å². The van der Waals surface area contributed by atoms with Gasteiger partial charge in [0.2, 0.25) is 0 Å². The predicted molar refractivity (Wildman–Crippen MR) is 190 cm³/mol. The van der Waals surface area contributed by atoms with Crippen molar-refractivity contribution >= 4 is 38.5 Å². The third-order valence-corrected chi connectivity index (χ3v) is 9.27. The summed E-state index contributed by atoms with van der Waals surface area (Å²) in [5.41, 5.74) is 12.5. The lowest BCUT2D eigenvalue weighted by Crippen LogP contribution is -2.10. The standard InChI is InChI=1S/C43H30N2/c1-3-11-30(12-4-1)42-34-15-7-9-17-36(34)43(37-18-10-8-16-35(37)42)31-21-19-29(20-22-31)32-23-24-40-38(27-32)39-28-44-26-25-41(39)45(40)33-13-5-2-6-14-33/h1-27,44H,28H2. The van der Waals surface area contributed by atoms with Crippen LogP contribution in [0.3, 0.4) is 0 Å². The van der Waals surface area contributed by atoms with E-state index < -0.39 is 0 Å². The zero-order valence-corrected chi connectivity index (χ0v) is 24.7. The highest BCUT2D eigenvalue weighted by Gasteiger charge is 2.20. The molecule has 0 atom stereocenters. The summed E-state index contributed by atoms with van der Waals surface area (Å²) in [7, 11) is 0. The summed E-state index contributed by atoms with van der Waals surface area (Å²) in [6.07, 6.45) is 4.25. The number of para-hydroxylation sites is 1. The summed E-state index contributed by atoms with van der Waals surface area (Å²) in [6.45, 7) is 0.823. The van der Waals surface area contributed by atoms with E-state index in [2.05, 4.69) is 174 Å². The van der Waals surface area contributed by atoms with Crippen LogP contribution in [0.1, 0.15) is 11.3 Å². The molecule has 2 nitrogen and oxygen atoms in total. The number of aromatic nitrogens is 1. The fourth-order valence-electron chi connectivity index (χ4n) is 7.25. The normalized spacial score (nSPS) is 12.4. The smallest absolute Gasteiger partial charge is 0.0538 e. The molecule has 0 spiro atoms. The number of rotatable bonds is 4. The molecule has 1 aromatic heterocycles. The average molecular weight is 575 g/mol. The minimum atomic E-state index is 0.823. The van der Waals surface area contributed by atoms with Crippen LogP contribution in [-0.2, 0) is 6.54 Å². The molecule has 1 aliphatic rings. The van der Waals surface area contributed by atoms with Crippen molar-refractivity contribution in [2.24, 2.45) is 0 Å². The van der Waals surface area contributed by atoms with Crippen LogP contribution in [0, 0.1) is 0 Å². The third kappa shape index (κ3) is 4.11. The highest BCUT2D eigenvalue weighted by atomic mass is 15.0. The van der Waals surface area contributed by atoms with Gasteiger partial charge in [0.25, 0.3) is 0 Å². The second-order valence-electron chi connectivity index (χ2n) is 11.8. The van der Waals surface area contributed by atoms with E-state index in [0.717, 1.165) is 6.54 Å². The van der Waals surface area contributed by atoms with Crippen LogP contribution in [0.15, 0.2) is 158 Å². The molecule has 8 aromatic rings. The number of fused-ring (bicyclic) bond motifs is 5. The molecule has 7 aromatic carbocycles. The van der Waals surface area contributed by atoms with Crippen LogP contribution in [0.2, 0.25) is 0 Å². The van der Waals surface area contributed by atoms with E-state index in [1.54, 1.807) is 0 Å². The SMILES string of the molecule is C1=Cc2c(c3cc(-c4ccc(-c5c6ccccc6c(-c6ccccc6)c6ccccc56)cc4)ccc3n2-c2ccccc2)CN1. The van der Waals surface area contributed by atoms with Gasteiger partial charge in [0.15, 0.2) is 0 Å².